The summed E-state index contributed by atoms with van der Waals surface area (Å²) in [5, 5.41) is 6.02. The molecule has 1 fully saturated rings. The van der Waals surface area contributed by atoms with Gasteiger partial charge in [-0.1, -0.05) is 6.92 Å². The van der Waals surface area contributed by atoms with Gasteiger partial charge in [-0.05, 0) is 62.5 Å². The Morgan fingerprint density at radius 1 is 1.29 bits per heavy atom. The second-order valence-corrected chi connectivity index (χ2v) is 7.59. The first-order chi connectivity index (χ1) is 11.0. The zero-order valence-corrected chi connectivity index (χ0v) is 15.5. The van der Waals surface area contributed by atoms with Gasteiger partial charge in [-0.3, -0.25) is 4.79 Å². The maximum atomic E-state index is 12.2. The molecule has 24 heavy (non-hydrogen) atoms. The van der Waals surface area contributed by atoms with Crippen LogP contribution in [-0.2, 0) is 14.8 Å². The van der Waals surface area contributed by atoms with Gasteiger partial charge in [-0.25, -0.2) is 13.1 Å². The van der Waals surface area contributed by atoms with Crippen LogP contribution in [0.1, 0.15) is 32.6 Å². The standard InChI is InChI=1S/C16H25N3O3S.ClH/c1-2-16(20)19-14-5-7-15(8-6-14)23(21,22)18-11-9-13-4-3-10-17-12-13;/h5-8,13,17-18H,2-4,9-12H2,1H3,(H,19,20);1H. The Kier molecular flexibility index (Phi) is 8.69. The summed E-state index contributed by atoms with van der Waals surface area (Å²) in [7, 11) is -3.49. The molecule has 1 aliphatic rings. The fraction of sp³-hybridized carbons (Fsp3) is 0.562. The molecule has 0 saturated carbocycles. The number of anilines is 1. The molecule has 1 amide bonds. The molecule has 0 radical (unpaired) electrons. The molecule has 1 heterocycles. The van der Waals surface area contributed by atoms with Crippen molar-refractivity contribution in [1.82, 2.24) is 10.0 Å². The van der Waals surface area contributed by atoms with Crippen LogP contribution in [0.3, 0.4) is 0 Å². The Bertz CT molecular complexity index is 614. The molecule has 1 saturated heterocycles. The minimum atomic E-state index is -3.49. The normalized spacial score (nSPS) is 17.8. The third kappa shape index (κ3) is 6.39. The number of halogens is 1. The maximum absolute atomic E-state index is 12.2. The third-order valence-electron chi connectivity index (χ3n) is 4.01. The van der Waals surface area contributed by atoms with E-state index >= 15 is 0 Å². The number of sulfonamides is 1. The summed E-state index contributed by atoms with van der Waals surface area (Å²) < 4.78 is 27.1. The van der Waals surface area contributed by atoms with E-state index < -0.39 is 10.0 Å². The molecular formula is C16H26ClN3O3S. The van der Waals surface area contributed by atoms with Gasteiger partial charge < -0.3 is 10.6 Å². The van der Waals surface area contributed by atoms with Crippen LogP contribution >= 0.6 is 12.4 Å². The highest BCUT2D eigenvalue weighted by atomic mass is 35.5. The molecular weight excluding hydrogens is 350 g/mol. The molecule has 1 aromatic carbocycles. The Labute approximate surface area is 150 Å². The monoisotopic (exact) mass is 375 g/mol. The largest absolute Gasteiger partial charge is 0.326 e. The van der Waals surface area contributed by atoms with Crippen LogP contribution in [0.2, 0.25) is 0 Å². The van der Waals surface area contributed by atoms with Crippen molar-refractivity contribution in [3.8, 4) is 0 Å². The number of carbonyl (C=O) groups excluding carboxylic acids is 1. The van der Waals surface area contributed by atoms with Crippen LogP contribution in [-0.4, -0.2) is 34.0 Å². The minimum absolute atomic E-state index is 0. The summed E-state index contributed by atoms with van der Waals surface area (Å²) in [5.41, 5.74) is 0.601. The molecule has 1 aromatic rings. The van der Waals surface area contributed by atoms with Crippen molar-refractivity contribution in [2.24, 2.45) is 5.92 Å². The lowest BCUT2D eigenvalue weighted by atomic mass is 9.96. The predicted octanol–water partition coefficient (Wildman–Crippen LogP) is 2.12. The number of hydrogen-bond acceptors (Lipinski definition) is 4. The molecule has 0 spiro atoms. The van der Waals surface area contributed by atoms with E-state index in [4.69, 9.17) is 0 Å². The van der Waals surface area contributed by atoms with Gasteiger partial charge in [0.2, 0.25) is 15.9 Å². The van der Waals surface area contributed by atoms with E-state index in [1.54, 1.807) is 19.1 Å². The third-order valence-corrected chi connectivity index (χ3v) is 5.49. The Hall–Kier alpha value is -1.15. The first kappa shape index (κ1) is 20.9. The number of piperidine rings is 1. The van der Waals surface area contributed by atoms with Gasteiger partial charge >= 0.3 is 0 Å². The van der Waals surface area contributed by atoms with E-state index in [0.29, 0.717) is 24.6 Å². The van der Waals surface area contributed by atoms with Gasteiger partial charge in [-0.15, -0.1) is 12.4 Å². The van der Waals surface area contributed by atoms with E-state index in [2.05, 4.69) is 15.4 Å². The SMILES string of the molecule is CCC(=O)Nc1ccc(S(=O)(=O)NCCC2CCCNC2)cc1.Cl. The van der Waals surface area contributed by atoms with Gasteiger partial charge in [0, 0.05) is 18.7 Å². The number of carbonyl (C=O) groups is 1. The van der Waals surface area contributed by atoms with Crippen LogP contribution in [0.4, 0.5) is 5.69 Å². The molecule has 0 aliphatic carbocycles. The van der Waals surface area contributed by atoms with E-state index in [1.807, 2.05) is 0 Å². The van der Waals surface area contributed by atoms with Crippen molar-refractivity contribution in [2.45, 2.75) is 37.5 Å². The van der Waals surface area contributed by atoms with E-state index in [-0.39, 0.29) is 23.2 Å². The van der Waals surface area contributed by atoms with E-state index in [0.717, 1.165) is 32.4 Å². The van der Waals surface area contributed by atoms with Gasteiger partial charge in [0.15, 0.2) is 0 Å². The van der Waals surface area contributed by atoms with Crippen LogP contribution in [0, 0.1) is 5.92 Å². The second-order valence-electron chi connectivity index (χ2n) is 5.82. The predicted molar refractivity (Wildman–Crippen MR) is 98.0 cm³/mol. The fourth-order valence-electron chi connectivity index (χ4n) is 2.62. The molecule has 0 aromatic heterocycles. The lowest BCUT2D eigenvalue weighted by Gasteiger charge is -2.22. The summed E-state index contributed by atoms with van der Waals surface area (Å²) in [6, 6.07) is 6.23. The van der Waals surface area contributed by atoms with Gasteiger partial charge in [0.05, 0.1) is 4.90 Å². The Morgan fingerprint density at radius 3 is 2.58 bits per heavy atom. The molecule has 136 valence electrons. The Morgan fingerprint density at radius 2 is 2.00 bits per heavy atom. The highest BCUT2D eigenvalue weighted by Crippen LogP contribution is 2.16. The smallest absolute Gasteiger partial charge is 0.240 e. The van der Waals surface area contributed by atoms with Crippen LogP contribution in [0.15, 0.2) is 29.2 Å². The number of rotatable bonds is 7. The Balaban J connectivity index is 0.00000288. The highest BCUT2D eigenvalue weighted by molar-refractivity contribution is 7.89. The maximum Gasteiger partial charge on any atom is 0.240 e. The summed E-state index contributed by atoms with van der Waals surface area (Å²) in [5.74, 6) is 0.443. The second kappa shape index (κ2) is 9.98. The molecule has 3 N–H and O–H groups in total. The molecule has 8 heteroatoms. The summed E-state index contributed by atoms with van der Waals surface area (Å²) >= 11 is 0. The van der Waals surface area contributed by atoms with Gasteiger partial charge in [-0.2, -0.15) is 0 Å². The quantitative estimate of drug-likeness (QED) is 0.681. The van der Waals surface area contributed by atoms with Crippen molar-refractivity contribution in [3.05, 3.63) is 24.3 Å². The lowest BCUT2D eigenvalue weighted by molar-refractivity contribution is -0.115. The zero-order chi connectivity index (χ0) is 16.7. The van der Waals surface area contributed by atoms with Crippen LogP contribution < -0.4 is 15.4 Å². The van der Waals surface area contributed by atoms with Crippen LogP contribution in [0.5, 0.6) is 0 Å². The van der Waals surface area contributed by atoms with Crippen molar-refractivity contribution in [2.75, 3.05) is 25.0 Å². The summed E-state index contributed by atoms with van der Waals surface area (Å²) in [6.45, 7) is 4.24. The molecule has 2 rings (SSSR count). The average Bonchev–Trinajstić information content (AvgIpc) is 2.56. The molecule has 1 aliphatic heterocycles. The first-order valence-corrected chi connectivity index (χ1v) is 9.60. The van der Waals surface area contributed by atoms with Gasteiger partial charge in [0.1, 0.15) is 0 Å². The van der Waals surface area contributed by atoms with Crippen molar-refractivity contribution in [3.63, 3.8) is 0 Å². The van der Waals surface area contributed by atoms with Crippen molar-refractivity contribution < 1.29 is 13.2 Å². The number of nitrogens with one attached hydrogen (secondary N) is 3. The molecule has 1 atom stereocenters. The van der Waals surface area contributed by atoms with E-state index in [9.17, 15) is 13.2 Å². The van der Waals surface area contributed by atoms with Crippen molar-refractivity contribution >= 4 is 34.0 Å². The van der Waals surface area contributed by atoms with E-state index in [1.165, 1.54) is 12.1 Å². The molecule has 6 nitrogen and oxygen atoms in total. The molecule has 1 unspecified atom stereocenters. The number of benzene rings is 1. The summed E-state index contributed by atoms with van der Waals surface area (Å²) in [6.07, 6.45) is 3.54. The minimum Gasteiger partial charge on any atom is -0.326 e. The zero-order valence-electron chi connectivity index (χ0n) is 13.9. The number of hydrogen-bond donors (Lipinski definition) is 3. The van der Waals surface area contributed by atoms with Crippen molar-refractivity contribution in [1.29, 1.82) is 0 Å². The lowest BCUT2D eigenvalue weighted by Crippen LogP contribution is -2.33. The number of amides is 1. The topological polar surface area (TPSA) is 87.3 Å². The molecule has 0 bridgehead atoms. The summed E-state index contributed by atoms with van der Waals surface area (Å²) in [4.78, 5) is 11.5. The average molecular weight is 376 g/mol. The van der Waals surface area contributed by atoms with Crippen LogP contribution in [0.25, 0.3) is 0 Å². The fourth-order valence-corrected chi connectivity index (χ4v) is 3.67. The van der Waals surface area contributed by atoms with Gasteiger partial charge in [0.25, 0.3) is 0 Å². The first-order valence-electron chi connectivity index (χ1n) is 8.11. The highest BCUT2D eigenvalue weighted by Gasteiger charge is 2.16.